The first-order valence-electron chi connectivity index (χ1n) is 29.4. The highest BCUT2D eigenvalue weighted by molar-refractivity contribution is 6.37. The van der Waals surface area contributed by atoms with Gasteiger partial charge in [0.05, 0.1) is 10.8 Å². The van der Waals surface area contributed by atoms with E-state index in [1.807, 2.05) is 0 Å². The molecule has 21 rings (SSSR count). The van der Waals surface area contributed by atoms with Gasteiger partial charge in [0.15, 0.2) is 0 Å². The van der Waals surface area contributed by atoms with Crippen LogP contribution in [-0.4, -0.2) is 0 Å². The van der Waals surface area contributed by atoms with Crippen molar-refractivity contribution in [2.75, 3.05) is 0 Å². The first-order valence-corrected chi connectivity index (χ1v) is 29.4. The molecule has 0 bridgehead atoms. The Balaban J connectivity index is 0.867. The fraction of sp³-hybridized carbons (Fsp3) is 0.0244. The van der Waals surface area contributed by atoms with Crippen LogP contribution in [0.4, 0.5) is 0 Å². The molecule has 2 spiro atoms. The third-order valence-electron chi connectivity index (χ3n) is 20.4. The lowest BCUT2D eigenvalue weighted by atomic mass is 9.69. The summed E-state index contributed by atoms with van der Waals surface area (Å²) >= 11 is 0. The average molecular weight is 1060 g/mol. The second kappa shape index (κ2) is 15.2. The van der Waals surface area contributed by atoms with Crippen LogP contribution in [0.1, 0.15) is 44.5 Å². The van der Waals surface area contributed by atoms with E-state index in [1.54, 1.807) is 0 Å². The molecule has 1 unspecified atom stereocenters. The summed E-state index contributed by atoms with van der Waals surface area (Å²) in [5.74, 6) is 0. The van der Waals surface area contributed by atoms with Crippen LogP contribution in [0.25, 0.3) is 154 Å². The van der Waals surface area contributed by atoms with Crippen LogP contribution >= 0.6 is 0 Å². The molecule has 2 aromatic heterocycles. The largest absolute Gasteiger partial charge is 0.455 e. The van der Waals surface area contributed by atoms with Crippen molar-refractivity contribution in [2.24, 2.45) is 0 Å². The molecule has 84 heavy (non-hydrogen) atoms. The number of fused-ring (bicyclic) bond motifs is 30. The zero-order chi connectivity index (χ0) is 54.3. The Morgan fingerprint density at radius 2 is 0.536 bits per heavy atom. The molecule has 2 heterocycles. The van der Waals surface area contributed by atoms with Gasteiger partial charge in [-0.2, -0.15) is 0 Å². The third kappa shape index (κ3) is 4.99. The van der Waals surface area contributed by atoms with E-state index >= 15 is 0 Å². The van der Waals surface area contributed by atoms with E-state index in [0.29, 0.717) is 0 Å². The molecule has 0 fully saturated rings. The first kappa shape index (κ1) is 43.9. The lowest BCUT2D eigenvalue weighted by Gasteiger charge is -2.32. The Hall–Kier alpha value is -10.8. The topological polar surface area (TPSA) is 26.3 Å². The van der Waals surface area contributed by atoms with Gasteiger partial charge in [-0.1, -0.05) is 231 Å². The standard InChI is InChI=1S/C82H44O2/c1-7-31-65-49(17-1)50-18-2-8-32-66(50)81(65)70-42-46(48-24-14-28-58-54-21-6-12-36-74(54)84-80(48)58)38-40-60(70)78-62-30-16-26-56-63-43-71-77(61-29-15-25-55(75(61)63)64(76(56)62)44-72(78)81)59-22-4-10-34-68(59)82(71)67-33-9-3-19-51(67)52-39-37-45(41-69(52)82)47-23-13-27-57-53-20-5-11-35-73(53)83-79(47)57/h1-44H. The van der Waals surface area contributed by atoms with Gasteiger partial charge < -0.3 is 8.83 Å². The molecule has 0 amide bonds. The Bertz CT molecular complexity index is 5840. The zero-order valence-corrected chi connectivity index (χ0v) is 45.2. The molecule has 0 radical (unpaired) electrons. The molecule has 17 aromatic rings. The van der Waals surface area contributed by atoms with Crippen molar-refractivity contribution in [1.29, 1.82) is 0 Å². The molecule has 15 aromatic carbocycles. The fourth-order valence-electron chi connectivity index (χ4n) is 17.4. The van der Waals surface area contributed by atoms with Gasteiger partial charge in [0, 0.05) is 32.7 Å². The maximum Gasteiger partial charge on any atom is 0.143 e. The highest BCUT2D eigenvalue weighted by Gasteiger charge is 2.54. The minimum absolute atomic E-state index is 0.591. The summed E-state index contributed by atoms with van der Waals surface area (Å²) < 4.78 is 13.5. The molecule has 0 saturated heterocycles. The normalized spacial score (nSPS) is 15.5. The minimum Gasteiger partial charge on any atom is -0.455 e. The zero-order valence-electron chi connectivity index (χ0n) is 45.2. The van der Waals surface area contributed by atoms with Crippen LogP contribution in [0.5, 0.6) is 0 Å². The van der Waals surface area contributed by atoms with Crippen LogP contribution in [0, 0.1) is 0 Å². The molecule has 2 nitrogen and oxygen atoms in total. The van der Waals surface area contributed by atoms with Gasteiger partial charge in [-0.15, -0.1) is 0 Å². The van der Waals surface area contributed by atoms with Gasteiger partial charge in [0.1, 0.15) is 22.3 Å². The average Bonchev–Trinajstić information content (AvgIpc) is 1.50. The van der Waals surface area contributed by atoms with E-state index in [4.69, 9.17) is 8.83 Å². The van der Waals surface area contributed by atoms with E-state index in [2.05, 4.69) is 267 Å². The quantitative estimate of drug-likeness (QED) is 0.127. The number of furan rings is 2. The van der Waals surface area contributed by atoms with Crippen molar-refractivity contribution in [3.8, 4) is 66.8 Å². The van der Waals surface area contributed by atoms with Crippen LogP contribution in [0.3, 0.4) is 0 Å². The summed E-state index contributed by atoms with van der Waals surface area (Å²) in [5, 5.41) is 14.9. The molecule has 4 aliphatic rings. The van der Waals surface area contributed by atoms with E-state index in [-0.39, 0.29) is 0 Å². The van der Waals surface area contributed by atoms with Crippen LogP contribution < -0.4 is 0 Å². The van der Waals surface area contributed by atoms with Gasteiger partial charge in [-0.05, 0) is 180 Å². The third-order valence-corrected chi connectivity index (χ3v) is 20.4. The number of benzene rings is 15. The summed E-state index contributed by atoms with van der Waals surface area (Å²) in [5.41, 5.74) is 28.0. The lowest BCUT2D eigenvalue weighted by molar-refractivity contribution is 0.669. The Kier molecular flexibility index (Phi) is 7.95. The summed E-state index contributed by atoms with van der Waals surface area (Å²) in [4.78, 5) is 0. The summed E-state index contributed by atoms with van der Waals surface area (Å²) in [6.45, 7) is 0. The second-order valence-corrected chi connectivity index (χ2v) is 23.9. The van der Waals surface area contributed by atoms with E-state index in [0.717, 1.165) is 66.1 Å². The summed E-state index contributed by atoms with van der Waals surface area (Å²) in [6.07, 6.45) is 0. The Morgan fingerprint density at radius 3 is 1.04 bits per heavy atom. The van der Waals surface area contributed by atoms with Gasteiger partial charge >= 0.3 is 0 Å². The predicted molar refractivity (Wildman–Crippen MR) is 346 cm³/mol. The molecule has 4 aliphatic carbocycles. The fourth-order valence-corrected chi connectivity index (χ4v) is 17.4. The van der Waals surface area contributed by atoms with E-state index < -0.39 is 10.8 Å². The van der Waals surface area contributed by atoms with Crippen molar-refractivity contribution >= 4 is 87.0 Å². The predicted octanol–water partition coefficient (Wildman–Crippen LogP) is 21.6. The number of rotatable bonds is 2. The molecule has 2 heteroatoms. The molecular formula is C82H44O2. The highest BCUT2D eigenvalue weighted by atomic mass is 16.3. The smallest absolute Gasteiger partial charge is 0.143 e. The molecule has 0 N–H and O–H groups in total. The van der Waals surface area contributed by atoms with Crippen LogP contribution in [0.2, 0.25) is 0 Å². The Labute approximate surface area is 482 Å². The lowest BCUT2D eigenvalue weighted by Crippen LogP contribution is -2.26. The maximum atomic E-state index is 6.77. The van der Waals surface area contributed by atoms with Crippen molar-refractivity contribution in [2.45, 2.75) is 10.8 Å². The number of para-hydroxylation sites is 4. The summed E-state index contributed by atoms with van der Waals surface area (Å²) in [7, 11) is 0. The van der Waals surface area contributed by atoms with Gasteiger partial charge in [-0.3, -0.25) is 0 Å². The van der Waals surface area contributed by atoms with Crippen molar-refractivity contribution < 1.29 is 8.83 Å². The van der Waals surface area contributed by atoms with Crippen molar-refractivity contribution in [1.82, 2.24) is 0 Å². The monoisotopic (exact) mass is 1060 g/mol. The van der Waals surface area contributed by atoms with E-state index in [9.17, 15) is 0 Å². The summed E-state index contributed by atoms with van der Waals surface area (Å²) in [6, 6.07) is 101. The van der Waals surface area contributed by atoms with Crippen LogP contribution in [0.15, 0.2) is 276 Å². The SMILES string of the molecule is c1ccc2c(c1)-c1ccc(-c3cccc4c3oc3ccccc34)cc1C21c2ccccc2-c2c1cc1c3cccc4c5c(cc(c6cccc2c61)c43)C1(c2ccccc2-c2ccccc21)c1cc(-c2cccc3c2oc2ccccc23)ccc1-5. The van der Waals surface area contributed by atoms with Crippen molar-refractivity contribution in [3.63, 3.8) is 0 Å². The van der Waals surface area contributed by atoms with E-state index in [1.165, 1.54) is 132 Å². The van der Waals surface area contributed by atoms with Crippen LogP contribution in [-0.2, 0) is 10.8 Å². The first-order chi connectivity index (χ1) is 41.7. The Morgan fingerprint density at radius 1 is 0.202 bits per heavy atom. The van der Waals surface area contributed by atoms with Gasteiger partial charge in [0.2, 0.25) is 0 Å². The second-order valence-electron chi connectivity index (χ2n) is 23.9. The number of hydrogen-bond donors (Lipinski definition) is 0. The molecule has 384 valence electrons. The molecule has 0 aliphatic heterocycles. The molecular weight excluding hydrogens is 1020 g/mol. The minimum atomic E-state index is -0.596. The molecule has 1 atom stereocenters. The number of hydrogen-bond acceptors (Lipinski definition) is 2. The maximum absolute atomic E-state index is 6.77. The highest BCUT2D eigenvalue weighted by Crippen LogP contribution is 2.68. The van der Waals surface area contributed by atoms with Gasteiger partial charge in [0.25, 0.3) is 0 Å². The molecule has 0 saturated carbocycles. The van der Waals surface area contributed by atoms with Crippen molar-refractivity contribution in [3.05, 3.63) is 311 Å². The van der Waals surface area contributed by atoms with Gasteiger partial charge in [-0.25, -0.2) is 0 Å².